The second kappa shape index (κ2) is 5.96. The van der Waals surface area contributed by atoms with Crippen LogP contribution in [0.3, 0.4) is 0 Å². The summed E-state index contributed by atoms with van der Waals surface area (Å²) in [5.74, 6) is -1.89. The van der Waals surface area contributed by atoms with E-state index in [1.165, 1.54) is 25.1 Å². The molecule has 22 heavy (non-hydrogen) atoms. The highest BCUT2D eigenvalue weighted by Crippen LogP contribution is 2.63. The van der Waals surface area contributed by atoms with Crippen molar-refractivity contribution in [3.8, 4) is 0 Å². The van der Waals surface area contributed by atoms with Gasteiger partial charge in [0.15, 0.2) is 9.84 Å². The topological polar surface area (TPSA) is 86.5 Å². The Kier molecular flexibility index (Phi) is 4.58. The van der Waals surface area contributed by atoms with Crippen molar-refractivity contribution in [1.82, 2.24) is 0 Å². The van der Waals surface area contributed by atoms with Crippen molar-refractivity contribution in [2.75, 3.05) is 18.9 Å². The Morgan fingerprint density at radius 3 is 2.59 bits per heavy atom. The van der Waals surface area contributed by atoms with E-state index in [4.69, 9.17) is 10.5 Å². The third kappa shape index (κ3) is 2.52. The molecular formula is C15H20FNO4S. The number of hydrogen-bond acceptors (Lipinski definition) is 5. The van der Waals surface area contributed by atoms with Gasteiger partial charge in [-0.15, -0.1) is 0 Å². The number of halogens is 1. The minimum Gasteiger partial charge on any atom is -0.465 e. The van der Waals surface area contributed by atoms with E-state index in [0.29, 0.717) is 5.56 Å². The first-order valence-electron chi connectivity index (χ1n) is 7.19. The van der Waals surface area contributed by atoms with Gasteiger partial charge in [-0.1, -0.05) is 19.1 Å². The number of sulfone groups is 1. The molecule has 1 aliphatic rings. The summed E-state index contributed by atoms with van der Waals surface area (Å²) in [5.41, 5.74) is 4.89. The first kappa shape index (κ1) is 16.9. The normalized spacial score (nSPS) is 27.5. The van der Waals surface area contributed by atoms with Crippen molar-refractivity contribution in [3.05, 3.63) is 35.6 Å². The maximum Gasteiger partial charge on any atom is 0.315 e. The molecule has 0 spiro atoms. The summed E-state index contributed by atoms with van der Waals surface area (Å²) in [5, 5.41) is -0.962. The van der Waals surface area contributed by atoms with E-state index in [-0.39, 0.29) is 18.9 Å². The standard InChI is InChI=1S/C15H20FNO4S/c1-3-21-14(18)15(9-17)12(13(15)22(19,20)4-2)10-6-5-7-11(16)8-10/h5-8,12-13H,3-4,9,17H2,1-2H3/t12-,13-,15-/m1/s1. The fourth-order valence-corrected chi connectivity index (χ4v) is 5.19. The molecule has 1 fully saturated rings. The molecule has 0 aliphatic heterocycles. The molecule has 0 amide bonds. The Bertz CT molecular complexity index is 676. The molecule has 122 valence electrons. The van der Waals surface area contributed by atoms with Crippen molar-refractivity contribution < 1.29 is 22.3 Å². The van der Waals surface area contributed by atoms with Gasteiger partial charge in [-0.3, -0.25) is 4.79 Å². The van der Waals surface area contributed by atoms with Crippen LogP contribution in [0.2, 0.25) is 0 Å². The largest absolute Gasteiger partial charge is 0.465 e. The van der Waals surface area contributed by atoms with Crippen LogP contribution in [-0.2, 0) is 19.4 Å². The van der Waals surface area contributed by atoms with Gasteiger partial charge in [0.05, 0.1) is 11.9 Å². The van der Waals surface area contributed by atoms with Gasteiger partial charge in [0.25, 0.3) is 0 Å². The Morgan fingerprint density at radius 1 is 1.41 bits per heavy atom. The summed E-state index contributed by atoms with van der Waals surface area (Å²) in [6, 6.07) is 5.62. The number of ether oxygens (including phenoxy) is 1. The van der Waals surface area contributed by atoms with Crippen molar-refractivity contribution in [2.45, 2.75) is 25.0 Å². The maximum absolute atomic E-state index is 13.5. The average molecular weight is 329 g/mol. The smallest absolute Gasteiger partial charge is 0.315 e. The lowest BCUT2D eigenvalue weighted by molar-refractivity contribution is -0.149. The molecule has 2 rings (SSSR count). The van der Waals surface area contributed by atoms with E-state index in [1.54, 1.807) is 13.0 Å². The number of carbonyl (C=O) groups excluding carboxylic acids is 1. The Hall–Kier alpha value is -1.47. The zero-order valence-electron chi connectivity index (χ0n) is 12.6. The van der Waals surface area contributed by atoms with Gasteiger partial charge in [-0.25, -0.2) is 12.8 Å². The molecule has 0 radical (unpaired) electrons. The summed E-state index contributed by atoms with van der Waals surface area (Å²) in [6.45, 7) is 3.14. The van der Waals surface area contributed by atoms with E-state index < -0.39 is 38.2 Å². The van der Waals surface area contributed by atoms with Gasteiger partial charge >= 0.3 is 5.97 Å². The number of nitrogens with two attached hydrogens (primary N) is 1. The minimum absolute atomic E-state index is 0.107. The molecule has 0 aromatic heterocycles. The summed E-state index contributed by atoms with van der Waals surface area (Å²) < 4.78 is 43.2. The van der Waals surface area contributed by atoms with Crippen LogP contribution in [-0.4, -0.2) is 38.5 Å². The van der Waals surface area contributed by atoms with Gasteiger partial charge in [-0.05, 0) is 24.6 Å². The van der Waals surface area contributed by atoms with Crippen molar-refractivity contribution >= 4 is 15.8 Å². The fraction of sp³-hybridized carbons (Fsp3) is 0.533. The maximum atomic E-state index is 13.5. The molecule has 5 nitrogen and oxygen atoms in total. The third-order valence-electron chi connectivity index (χ3n) is 4.25. The number of carbonyl (C=O) groups is 1. The van der Waals surface area contributed by atoms with E-state index in [0.717, 1.165) is 0 Å². The highest BCUT2D eigenvalue weighted by Gasteiger charge is 2.75. The zero-order valence-corrected chi connectivity index (χ0v) is 13.4. The van der Waals surface area contributed by atoms with Gasteiger partial charge < -0.3 is 10.5 Å². The Labute approximate surface area is 129 Å². The molecule has 1 saturated carbocycles. The van der Waals surface area contributed by atoms with Gasteiger partial charge in [0.1, 0.15) is 11.2 Å². The number of rotatable bonds is 6. The zero-order chi connectivity index (χ0) is 16.5. The van der Waals surface area contributed by atoms with Crippen molar-refractivity contribution in [1.29, 1.82) is 0 Å². The summed E-state index contributed by atoms with van der Waals surface area (Å²) >= 11 is 0. The fourth-order valence-electron chi connectivity index (χ4n) is 3.12. The molecule has 7 heteroatoms. The molecule has 0 unspecified atom stereocenters. The van der Waals surface area contributed by atoms with Crippen LogP contribution in [0.5, 0.6) is 0 Å². The number of esters is 1. The predicted octanol–water partition coefficient (Wildman–Crippen LogP) is 1.23. The summed E-state index contributed by atoms with van der Waals surface area (Å²) in [6.07, 6.45) is 0. The van der Waals surface area contributed by atoms with E-state index in [9.17, 15) is 17.6 Å². The van der Waals surface area contributed by atoms with Crippen LogP contribution in [0.1, 0.15) is 25.3 Å². The highest BCUT2D eigenvalue weighted by atomic mass is 32.2. The van der Waals surface area contributed by atoms with Crippen LogP contribution in [0.15, 0.2) is 24.3 Å². The molecule has 0 saturated heterocycles. The Morgan fingerprint density at radius 2 is 2.09 bits per heavy atom. The lowest BCUT2D eigenvalue weighted by Gasteiger charge is -2.14. The van der Waals surface area contributed by atoms with E-state index in [1.807, 2.05) is 0 Å². The summed E-state index contributed by atoms with van der Waals surface area (Å²) in [7, 11) is -3.52. The monoisotopic (exact) mass is 329 g/mol. The van der Waals surface area contributed by atoms with Gasteiger partial charge in [0, 0.05) is 18.2 Å². The second-order valence-electron chi connectivity index (χ2n) is 5.37. The first-order valence-corrected chi connectivity index (χ1v) is 8.91. The van der Waals surface area contributed by atoms with Crippen molar-refractivity contribution in [2.24, 2.45) is 11.1 Å². The predicted molar refractivity (Wildman–Crippen MR) is 80.5 cm³/mol. The molecule has 1 aliphatic carbocycles. The van der Waals surface area contributed by atoms with E-state index >= 15 is 0 Å². The lowest BCUT2D eigenvalue weighted by Crippen LogP contribution is -2.34. The minimum atomic E-state index is -3.52. The van der Waals surface area contributed by atoms with Crippen LogP contribution in [0, 0.1) is 11.2 Å². The molecule has 0 bridgehead atoms. The quantitative estimate of drug-likeness (QED) is 0.793. The van der Waals surface area contributed by atoms with Crippen LogP contribution >= 0.6 is 0 Å². The second-order valence-corrected chi connectivity index (χ2v) is 7.78. The molecule has 1 aromatic rings. The van der Waals surface area contributed by atoms with Gasteiger partial charge in [0.2, 0.25) is 0 Å². The number of benzene rings is 1. The molecular weight excluding hydrogens is 309 g/mol. The first-order chi connectivity index (χ1) is 10.3. The highest BCUT2D eigenvalue weighted by molar-refractivity contribution is 7.92. The number of hydrogen-bond donors (Lipinski definition) is 1. The average Bonchev–Trinajstić information content (AvgIpc) is 3.19. The lowest BCUT2D eigenvalue weighted by atomic mass is 9.99. The molecule has 2 N–H and O–H groups in total. The summed E-state index contributed by atoms with van der Waals surface area (Å²) in [4.78, 5) is 12.3. The van der Waals surface area contributed by atoms with Crippen LogP contribution in [0.25, 0.3) is 0 Å². The molecule has 3 atom stereocenters. The molecule has 0 heterocycles. The van der Waals surface area contributed by atoms with Crippen LogP contribution in [0.4, 0.5) is 4.39 Å². The van der Waals surface area contributed by atoms with Crippen molar-refractivity contribution in [3.63, 3.8) is 0 Å². The van der Waals surface area contributed by atoms with E-state index in [2.05, 4.69) is 0 Å². The SMILES string of the molecule is CCOC(=O)[C@]1(CN)[C@H](c2cccc(F)c2)[C@H]1S(=O)(=O)CC. The Balaban J connectivity index is 2.52. The van der Waals surface area contributed by atoms with Crippen LogP contribution < -0.4 is 5.73 Å². The molecule has 1 aromatic carbocycles. The third-order valence-corrected chi connectivity index (χ3v) is 6.52. The van der Waals surface area contributed by atoms with Gasteiger partial charge in [-0.2, -0.15) is 0 Å².